The number of aliphatic hydroxyl groups is 3. The highest BCUT2D eigenvalue weighted by atomic mass is 16.3. The van der Waals surface area contributed by atoms with E-state index in [1.807, 2.05) is 13.8 Å². The van der Waals surface area contributed by atoms with Crippen LogP contribution >= 0.6 is 0 Å². The van der Waals surface area contributed by atoms with Crippen molar-refractivity contribution < 1.29 is 15.3 Å². The molecule has 19 heavy (non-hydrogen) atoms. The third kappa shape index (κ3) is 8.61. The fraction of sp³-hybridized carbons (Fsp3) is 1.00. The van der Waals surface area contributed by atoms with Crippen molar-refractivity contribution in [2.24, 2.45) is 17.3 Å². The summed E-state index contributed by atoms with van der Waals surface area (Å²) in [5.41, 5.74) is -0.196. The summed E-state index contributed by atoms with van der Waals surface area (Å²) in [6.07, 6.45) is 5.66. The van der Waals surface area contributed by atoms with E-state index < -0.39 is 0 Å². The molecular formula is C16H34O3. The van der Waals surface area contributed by atoms with E-state index in [0.717, 1.165) is 32.1 Å². The normalized spacial score (nSPS) is 17.2. The Balaban J connectivity index is 3.99. The maximum Gasteiger partial charge on any atom is 0.0574 e. The summed E-state index contributed by atoms with van der Waals surface area (Å²) >= 11 is 0. The van der Waals surface area contributed by atoms with Crippen LogP contribution in [-0.2, 0) is 0 Å². The van der Waals surface area contributed by atoms with Crippen molar-refractivity contribution in [2.45, 2.75) is 72.3 Å². The SMILES string of the molecule is CCC(CCCCC(C)CO)C(O)CC(C)(C)CO. The van der Waals surface area contributed by atoms with Gasteiger partial charge in [-0.25, -0.2) is 0 Å². The van der Waals surface area contributed by atoms with E-state index in [9.17, 15) is 10.2 Å². The van der Waals surface area contributed by atoms with Gasteiger partial charge in [-0.1, -0.05) is 47.0 Å². The molecule has 0 rings (SSSR count). The zero-order valence-corrected chi connectivity index (χ0v) is 13.2. The number of rotatable bonds is 11. The Morgan fingerprint density at radius 1 is 1.05 bits per heavy atom. The molecule has 0 aliphatic rings. The van der Waals surface area contributed by atoms with Crippen LogP contribution in [0.4, 0.5) is 0 Å². The van der Waals surface area contributed by atoms with Gasteiger partial charge in [0, 0.05) is 13.2 Å². The Hall–Kier alpha value is -0.120. The molecule has 0 saturated heterocycles. The molecule has 0 aromatic rings. The Morgan fingerprint density at radius 2 is 1.63 bits per heavy atom. The minimum Gasteiger partial charge on any atom is -0.396 e. The van der Waals surface area contributed by atoms with Crippen LogP contribution in [0.25, 0.3) is 0 Å². The smallest absolute Gasteiger partial charge is 0.0574 e. The van der Waals surface area contributed by atoms with Gasteiger partial charge in [0.25, 0.3) is 0 Å². The third-order valence-corrected chi connectivity index (χ3v) is 4.09. The Morgan fingerprint density at radius 3 is 2.11 bits per heavy atom. The lowest BCUT2D eigenvalue weighted by atomic mass is 9.81. The summed E-state index contributed by atoms with van der Waals surface area (Å²) in [5.74, 6) is 0.716. The van der Waals surface area contributed by atoms with E-state index >= 15 is 0 Å². The van der Waals surface area contributed by atoms with Crippen LogP contribution in [0, 0.1) is 17.3 Å². The van der Waals surface area contributed by atoms with Crippen LogP contribution in [0.5, 0.6) is 0 Å². The zero-order valence-electron chi connectivity index (χ0n) is 13.2. The molecule has 0 radical (unpaired) electrons. The maximum atomic E-state index is 10.3. The van der Waals surface area contributed by atoms with E-state index in [1.165, 1.54) is 0 Å². The largest absolute Gasteiger partial charge is 0.396 e. The molecule has 0 heterocycles. The molecule has 0 aliphatic heterocycles. The lowest BCUT2D eigenvalue weighted by molar-refractivity contribution is 0.0318. The Labute approximate surface area is 119 Å². The predicted octanol–water partition coefficient (Wildman–Crippen LogP) is 2.97. The number of unbranched alkanes of at least 4 members (excludes halogenated alkanes) is 1. The molecule has 3 atom stereocenters. The molecule has 0 saturated carbocycles. The summed E-state index contributed by atoms with van der Waals surface area (Å²) in [6, 6.07) is 0. The molecule has 0 spiro atoms. The van der Waals surface area contributed by atoms with Crippen molar-refractivity contribution in [3.63, 3.8) is 0 Å². The molecule has 3 unspecified atom stereocenters. The average Bonchev–Trinajstić information content (AvgIpc) is 2.37. The molecule has 0 aliphatic carbocycles. The summed E-state index contributed by atoms with van der Waals surface area (Å²) in [4.78, 5) is 0. The molecule has 3 N–H and O–H groups in total. The second kappa shape index (κ2) is 9.73. The number of hydrogen-bond acceptors (Lipinski definition) is 3. The number of hydrogen-bond donors (Lipinski definition) is 3. The molecule has 3 nitrogen and oxygen atoms in total. The van der Waals surface area contributed by atoms with Crippen molar-refractivity contribution in [1.29, 1.82) is 0 Å². The van der Waals surface area contributed by atoms with Gasteiger partial charge in [-0.15, -0.1) is 0 Å². The van der Waals surface area contributed by atoms with Gasteiger partial charge in [-0.05, 0) is 36.5 Å². The highest BCUT2D eigenvalue weighted by Gasteiger charge is 2.26. The molecule has 0 aromatic carbocycles. The van der Waals surface area contributed by atoms with Crippen molar-refractivity contribution in [3.05, 3.63) is 0 Å². The van der Waals surface area contributed by atoms with Gasteiger partial charge in [0.2, 0.25) is 0 Å². The first kappa shape index (κ1) is 18.9. The fourth-order valence-electron chi connectivity index (χ4n) is 2.46. The molecule has 0 amide bonds. The van der Waals surface area contributed by atoms with E-state index in [2.05, 4.69) is 13.8 Å². The van der Waals surface area contributed by atoms with Gasteiger partial charge in [0.15, 0.2) is 0 Å². The lowest BCUT2D eigenvalue weighted by Gasteiger charge is -2.29. The second-order valence-corrected chi connectivity index (χ2v) is 6.83. The van der Waals surface area contributed by atoms with Crippen molar-refractivity contribution in [1.82, 2.24) is 0 Å². The Kier molecular flexibility index (Phi) is 9.67. The maximum absolute atomic E-state index is 10.3. The summed E-state index contributed by atoms with van der Waals surface area (Å²) < 4.78 is 0. The fourth-order valence-corrected chi connectivity index (χ4v) is 2.46. The first-order valence-electron chi connectivity index (χ1n) is 7.76. The van der Waals surface area contributed by atoms with Crippen LogP contribution in [0.3, 0.4) is 0 Å². The predicted molar refractivity (Wildman–Crippen MR) is 80.0 cm³/mol. The average molecular weight is 274 g/mol. The Bertz CT molecular complexity index is 216. The molecule has 0 aromatic heterocycles. The van der Waals surface area contributed by atoms with Gasteiger partial charge < -0.3 is 15.3 Å². The van der Waals surface area contributed by atoms with Crippen molar-refractivity contribution in [2.75, 3.05) is 13.2 Å². The molecular weight excluding hydrogens is 240 g/mol. The van der Waals surface area contributed by atoms with E-state index in [1.54, 1.807) is 0 Å². The van der Waals surface area contributed by atoms with Crippen molar-refractivity contribution >= 4 is 0 Å². The van der Waals surface area contributed by atoms with E-state index in [4.69, 9.17) is 5.11 Å². The van der Waals surface area contributed by atoms with E-state index in [0.29, 0.717) is 18.3 Å². The van der Waals surface area contributed by atoms with Crippen LogP contribution in [-0.4, -0.2) is 34.6 Å². The number of aliphatic hydroxyl groups excluding tert-OH is 3. The van der Waals surface area contributed by atoms with Crippen LogP contribution in [0.1, 0.15) is 66.2 Å². The molecule has 116 valence electrons. The zero-order chi connectivity index (χ0) is 14.9. The van der Waals surface area contributed by atoms with Gasteiger partial charge in [-0.2, -0.15) is 0 Å². The summed E-state index contributed by atoms with van der Waals surface area (Å²) in [7, 11) is 0. The lowest BCUT2D eigenvalue weighted by Crippen LogP contribution is -2.29. The third-order valence-electron chi connectivity index (χ3n) is 4.09. The topological polar surface area (TPSA) is 60.7 Å². The minimum atomic E-state index is -0.317. The minimum absolute atomic E-state index is 0.120. The van der Waals surface area contributed by atoms with Gasteiger partial charge in [-0.3, -0.25) is 0 Å². The standard InChI is InChI=1S/C16H34O3/c1-5-14(9-7-6-8-13(2)11-17)15(19)10-16(3,4)12-18/h13-15,17-19H,5-12H2,1-4H3. The van der Waals surface area contributed by atoms with Gasteiger partial charge in [0.05, 0.1) is 6.10 Å². The molecule has 0 fully saturated rings. The quantitative estimate of drug-likeness (QED) is 0.508. The van der Waals surface area contributed by atoms with Crippen molar-refractivity contribution in [3.8, 4) is 0 Å². The first-order valence-corrected chi connectivity index (χ1v) is 7.76. The van der Waals surface area contributed by atoms with Crippen LogP contribution < -0.4 is 0 Å². The monoisotopic (exact) mass is 274 g/mol. The van der Waals surface area contributed by atoms with E-state index in [-0.39, 0.29) is 24.7 Å². The van der Waals surface area contributed by atoms with Gasteiger partial charge >= 0.3 is 0 Å². The van der Waals surface area contributed by atoms with Crippen LogP contribution in [0.15, 0.2) is 0 Å². The summed E-state index contributed by atoms with van der Waals surface area (Å²) in [5, 5.41) is 28.5. The molecule has 0 bridgehead atoms. The molecule has 3 heteroatoms. The second-order valence-electron chi connectivity index (χ2n) is 6.83. The van der Waals surface area contributed by atoms with Gasteiger partial charge in [0.1, 0.15) is 0 Å². The highest BCUT2D eigenvalue weighted by Crippen LogP contribution is 2.28. The first-order chi connectivity index (χ1) is 8.86. The van der Waals surface area contributed by atoms with Crippen LogP contribution in [0.2, 0.25) is 0 Å². The summed E-state index contributed by atoms with van der Waals surface area (Å²) in [6.45, 7) is 8.56. The highest BCUT2D eigenvalue weighted by molar-refractivity contribution is 4.77.